The van der Waals surface area contributed by atoms with Crippen molar-refractivity contribution in [3.63, 3.8) is 0 Å². The Balaban J connectivity index is 1.40. The number of thioether (sulfide) groups is 1. The van der Waals surface area contributed by atoms with E-state index >= 15 is 0 Å². The molecule has 162 valence electrons. The van der Waals surface area contributed by atoms with Gasteiger partial charge in [0.05, 0.1) is 11.4 Å². The highest BCUT2D eigenvalue weighted by molar-refractivity contribution is 8.18. The van der Waals surface area contributed by atoms with Crippen LogP contribution in [0.15, 0.2) is 71.6 Å². The molecule has 3 aromatic rings. The first-order valence-corrected chi connectivity index (χ1v) is 11.5. The molecule has 1 saturated heterocycles. The van der Waals surface area contributed by atoms with Gasteiger partial charge in [0, 0.05) is 20.6 Å². The first-order chi connectivity index (χ1) is 15.4. The summed E-state index contributed by atoms with van der Waals surface area (Å²) in [7, 11) is 0. The van der Waals surface area contributed by atoms with Gasteiger partial charge in [-0.2, -0.15) is 0 Å². The molecule has 0 aromatic heterocycles. The molecule has 0 saturated carbocycles. The zero-order valence-corrected chi connectivity index (χ0v) is 19.6. The Kier molecular flexibility index (Phi) is 7.11. The van der Waals surface area contributed by atoms with Crippen molar-refractivity contribution in [3.05, 3.63) is 103 Å². The number of amides is 2. The number of hydrogen-bond donors (Lipinski definition) is 0. The minimum absolute atomic E-state index is 0.208. The molecular weight excluding hydrogens is 489 g/mol. The van der Waals surface area contributed by atoms with Crippen LogP contribution in [0.1, 0.15) is 16.7 Å². The molecule has 0 radical (unpaired) electrons. The molecule has 32 heavy (non-hydrogen) atoms. The highest BCUT2D eigenvalue weighted by atomic mass is 35.5. The lowest BCUT2D eigenvalue weighted by Crippen LogP contribution is -2.27. The minimum atomic E-state index is -0.312. The van der Waals surface area contributed by atoms with Crippen molar-refractivity contribution in [2.75, 3.05) is 0 Å². The first kappa shape index (κ1) is 22.7. The number of halogens is 3. The maximum atomic E-state index is 12.7. The number of nitrogens with zero attached hydrogens (tertiary/aromatic N) is 1. The summed E-state index contributed by atoms with van der Waals surface area (Å²) >= 11 is 18.9. The summed E-state index contributed by atoms with van der Waals surface area (Å²) in [6.07, 6.45) is 1.70. The van der Waals surface area contributed by atoms with Crippen LogP contribution >= 0.6 is 46.6 Å². The van der Waals surface area contributed by atoms with Crippen molar-refractivity contribution in [2.45, 2.75) is 13.2 Å². The summed E-state index contributed by atoms with van der Waals surface area (Å²) in [5.41, 5.74) is 2.45. The summed E-state index contributed by atoms with van der Waals surface area (Å²) in [6.45, 7) is 0.512. The molecule has 3 aromatic carbocycles. The van der Waals surface area contributed by atoms with Gasteiger partial charge in [-0.3, -0.25) is 14.5 Å². The van der Waals surface area contributed by atoms with E-state index in [-0.39, 0.29) is 17.7 Å². The van der Waals surface area contributed by atoms with Crippen LogP contribution in [0.5, 0.6) is 5.75 Å². The second kappa shape index (κ2) is 10.0. The van der Waals surface area contributed by atoms with Gasteiger partial charge >= 0.3 is 0 Å². The van der Waals surface area contributed by atoms with Gasteiger partial charge < -0.3 is 4.74 Å². The SMILES string of the molecule is O=C1S/C(=C\c2ccc(OCc3ccc(Cl)cc3Cl)cc2)C(=O)N1Cc1ccc(Cl)cc1. The molecule has 1 heterocycles. The van der Waals surface area contributed by atoms with Crippen LogP contribution in [0.2, 0.25) is 15.1 Å². The molecule has 4 nitrogen and oxygen atoms in total. The summed E-state index contributed by atoms with van der Waals surface area (Å²) in [4.78, 5) is 26.7. The van der Waals surface area contributed by atoms with Crippen LogP contribution in [0, 0.1) is 0 Å². The van der Waals surface area contributed by atoms with Crippen molar-refractivity contribution < 1.29 is 14.3 Å². The average molecular weight is 505 g/mol. The van der Waals surface area contributed by atoms with Gasteiger partial charge in [0.1, 0.15) is 12.4 Å². The summed E-state index contributed by atoms with van der Waals surface area (Å²) in [5.74, 6) is 0.344. The van der Waals surface area contributed by atoms with Crippen LogP contribution in [0.25, 0.3) is 6.08 Å². The van der Waals surface area contributed by atoms with E-state index in [4.69, 9.17) is 39.5 Å². The quantitative estimate of drug-likeness (QED) is 0.327. The number of carbonyl (C=O) groups excluding carboxylic acids is 2. The third kappa shape index (κ3) is 5.48. The van der Waals surface area contributed by atoms with E-state index < -0.39 is 0 Å². The Labute approximate surface area is 204 Å². The van der Waals surface area contributed by atoms with Crippen molar-refractivity contribution in [2.24, 2.45) is 0 Å². The first-order valence-electron chi connectivity index (χ1n) is 9.55. The maximum absolute atomic E-state index is 12.7. The molecule has 4 rings (SSSR count). The number of benzene rings is 3. The monoisotopic (exact) mass is 503 g/mol. The Hall–Kier alpha value is -2.44. The summed E-state index contributed by atoms with van der Waals surface area (Å²) in [5, 5.41) is 1.42. The Morgan fingerprint density at radius 2 is 1.56 bits per heavy atom. The smallest absolute Gasteiger partial charge is 0.293 e. The van der Waals surface area contributed by atoms with Crippen molar-refractivity contribution in [3.8, 4) is 5.75 Å². The fourth-order valence-electron chi connectivity index (χ4n) is 3.02. The summed E-state index contributed by atoms with van der Waals surface area (Å²) < 4.78 is 5.78. The highest BCUT2D eigenvalue weighted by Crippen LogP contribution is 2.33. The Bertz CT molecular complexity index is 1190. The normalized spacial score (nSPS) is 15.0. The Morgan fingerprint density at radius 1 is 0.875 bits per heavy atom. The third-order valence-electron chi connectivity index (χ3n) is 4.71. The van der Waals surface area contributed by atoms with Gasteiger partial charge in [0.15, 0.2) is 0 Å². The second-order valence-electron chi connectivity index (χ2n) is 6.99. The second-order valence-corrected chi connectivity index (χ2v) is 9.26. The molecule has 0 bridgehead atoms. The molecule has 0 atom stereocenters. The highest BCUT2D eigenvalue weighted by Gasteiger charge is 2.34. The standard InChI is InChI=1S/C24H16Cl3NO3S/c25-18-6-1-16(2-7-18)13-28-23(29)22(32-24(28)30)11-15-3-9-20(10-4-15)31-14-17-5-8-19(26)12-21(17)27/h1-12H,13-14H2/b22-11-. The van der Waals surface area contributed by atoms with Gasteiger partial charge in [-0.05, 0) is 65.4 Å². The molecule has 0 aliphatic carbocycles. The van der Waals surface area contributed by atoms with Gasteiger partial charge in [-0.15, -0.1) is 0 Å². The fourth-order valence-corrected chi connectivity index (χ4v) is 4.45. The van der Waals surface area contributed by atoms with Crippen LogP contribution in [0.4, 0.5) is 4.79 Å². The molecule has 0 N–H and O–H groups in total. The molecule has 0 unspecified atom stereocenters. The maximum Gasteiger partial charge on any atom is 0.293 e. The van der Waals surface area contributed by atoms with E-state index in [1.54, 1.807) is 54.6 Å². The van der Waals surface area contributed by atoms with Crippen LogP contribution < -0.4 is 4.74 Å². The molecule has 0 spiro atoms. The molecule has 8 heteroatoms. The van der Waals surface area contributed by atoms with E-state index in [0.717, 1.165) is 28.5 Å². The van der Waals surface area contributed by atoms with E-state index in [0.29, 0.717) is 32.3 Å². The van der Waals surface area contributed by atoms with E-state index in [9.17, 15) is 9.59 Å². The summed E-state index contributed by atoms with van der Waals surface area (Å²) in [6, 6.07) is 19.6. The van der Waals surface area contributed by atoms with Gasteiger partial charge in [-0.25, -0.2) is 0 Å². The zero-order valence-electron chi connectivity index (χ0n) is 16.6. The van der Waals surface area contributed by atoms with E-state index in [1.165, 1.54) is 4.90 Å². The lowest BCUT2D eigenvalue weighted by molar-refractivity contribution is -0.123. The Morgan fingerprint density at radius 3 is 2.25 bits per heavy atom. The largest absolute Gasteiger partial charge is 0.489 e. The molecule has 1 fully saturated rings. The third-order valence-corrected chi connectivity index (χ3v) is 6.46. The average Bonchev–Trinajstić information content (AvgIpc) is 3.03. The topological polar surface area (TPSA) is 46.6 Å². The minimum Gasteiger partial charge on any atom is -0.489 e. The predicted octanol–water partition coefficient (Wildman–Crippen LogP) is 7.46. The lowest BCUT2D eigenvalue weighted by Gasteiger charge is -2.12. The lowest BCUT2D eigenvalue weighted by atomic mass is 10.2. The van der Waals surface area contributed by atoms with E-state index in [1.807, 2.05) is 18.2 Å². The number of hydrogen-bond acceptors (Lipinski definition) is 4. The zero-order chi connectivity index (χ0) is 22.7. The molecule has 1 aliphatic rings. The number of carbonyl (C=O) groups is 2. The fraction of sp³-hybridized carbons (Fsp3) is 0.0833. The van der Waals surface area contributed by atoms with Crippen molar-refractivity contribution >= 4 is 63.8 Å². The number of ether oxygens (including phenoxy) is 1. The van der Waals surface area contributed by atoms with E-state index in [2.05, 4.69) is 0 Å². The predicted molar refractivity (Wildman–Crippen MR) is 130 cm³/mol. The van der Waals surface area contributed by atoms with Crippen molar-refractivity contribution in [1.82, 2.24) is 4.90 Å². The molecular formula is C24H16Cl3NO3S. The number of imide groups is 1. The molecule has 2 amide bonds. The molecule has 1 aliphatic heterocycles. The number of rotatable bonds is 6. The van der Waals surface area contributed by atoms with Crippen LogP contribution in [-0.2, 0) is 17.9 Å². The van der Waals surface area contributed by atoms with Crippen molar-refractivity contribution in [1.29, 1.82) is 0 Å². The van der Waals surface area contributed by atoms with Gasteiger partial charge in [-0.1, -0.05) is 65.1 Å². The van der Waals surface area contributed by atoms with Gasteiger partial charge in [0.25, 0.3) is 11.1 Å². The van der Waals surface area contributed by atoms with Gasteiger partial charge in [0.2, 0.25) is 0 Å². The van der Waals surface area contributed by atoms with Crippen LogP contribution in [0.3, 0.4) is 0 Å². The van der Waals surface area contributed by atoms with Crippen LogP contribution in [-0.4, -0.2) is 16.0 Å².